The van der Waals surface area contributed by atoms with Crippen LogP contribution in [0.15, 0.2) is 30.3 Å². The second kappa shape index (κ2) is 4.72. The van der Waals surface area contributed by atoms with E-state index in [9.17, 15) is 4.79 Å². The number of phenolic OH excluding ortho intramolecular Hbond substituents is 1. The fourth-order valence-electron chi connectivity index (χ4n) is 0.818. The molecule has 1 N–H and O–H groups in total. The topological polar surface area (TPSA) is 37.3 Å². The van der Waals surface area contributed by atoms with Crippen LogP contribution in [0.3, 0.4) is 0 Å². The minimum absolute atomic E-state index is 0.0214. The summed E-state index contributed by atoms with van der Waals surface area (Å²) >= 11 is 1.17. The molecule has 0 saturated heterocycles. The maximum Gasteiger partial charge on any atom is 0.211 e. The highest BCUT2D eigenvalue weighted by Crippen LogP contribution is 2.11. The van der Waals surface area contributed by atoms with Crippen molar-refractivity contribution in [1.29, 1.82) is 0 Å². The highest BCUT2D eigenvalue weighted by atomic mass is 32.2. The molecule has 1 aromatic rings. The Labute approximate surface area is 81.3 Å². The fraction of sp³-hybridized carbons (Fsp3) is 0.100. The normalized spacial score (nSPS) is 10.5. The Kier molecular flexibility index (Phi) is 3.58. The summed E-state index contributed by atoms with van der Waals surface area (Å²) in [6, 6.07) is 6.67. The van der Waals surface area contributed by atoms with Gasteiger partial charge < -0.3 is 5.11 Å². The van der Waals surface area contributed by atoms with Crippen molar-refractivity contribution in [2.45, 2.75) is 0 Å². The molecule has 3 heteroatoms. The van der Waals surface area contributed by atoms with E-state index < -0.39 is 0 Å². The predicted molar refractivity (Wildman–Crippen MR) is 55.7 cm³/mol. The van der Waals surface area contributed by atoms with Gasteiger partial charge in [-0.05, 0) is 30.0 Å². The van der Waals surface area contributed by atoms with E-state index in [4.69, 9.17) is 5.11 Å². The SMILES string of the molecule is CSC(=O)C=Cc1ccc(O)cc1. The smallest absolute Gasteiger partial charge is 0.211 e. The van der Waals surface area contributed by atoms with Crippen molar-refractivity contribution >= 4 is 23.0 Å². The summed E-state index contributed by atoms with van der Waals surface area (Å²) in [5.74, 6) is 0.230. The monoisotopic (exact) mass is 194 g/mol. The van der Waals surface area contributed by atoms with Crippen molar-refractivity contribution in [3.63, 3.8) is 0 Å². The van der Waals surface area contributed by atoms with Crippen LogP contribution in [0, 0.1) is 0 Å². The van der Waals surface area contributed by atoms with E-state index in [1.165, 1.54) is 17.8 Å². The van der Waals surface area contributed by atoms with Gasteiger partial charge in [0.25, 0.3) is 0 Å². The Bertz CT molecular complexity index is 314. The van der Waals surface area contributed by atoms with Crippen molar-refractivity contribution in [2.24, 2.45) is 0 Å². The number of benzene rings is 1. The van der Waals surface area contributed by atoms with Gasteiger partial charge in [-0.2, -0.15) is 0 Å². The molecule has 0 radical (unpaired) electrons. The largest absolute Gasteiger partial charge is 0.508 e. The average Bonchev–Trinajstić information content (AvgIpc) is 2.16. The molecule has 0 spiro atoms. The molecule has 0 heterocycles. The van der Waals surface area contributed by atoms with Crippen LogP contribution < -0.4 is 0 Å². The van der Waals surface area contributed by atoms with E-state index in [-0.39, 0.29) is 10.9 Å². The number of phenols is 1. The van der Waals surface area contributed by atoms with Crippen molar-refractivity contribution in [3.8, 4) is 5.75 Å². The molecule has 0 aliphatic carbocycles. The van der Waals surface area contributed by atoms with Crippen LogP contribution in [0.2, 0.25) is 0 Å². The van der Waals surface area contributed by atoms with E-state index in [0.29, 0.717) is 0 Å². The Hall–Kier alpha value is -1.22. The zero-order valence-electron chi connectivity index (χ0n) is 7.23. The molecular weight excluding hydrogens is 184 g/mol. The molecule has 1 rings (SSSR count). The van der Waals surface area contributed by atoms with Gasteiger partial charge in [-0.1, -0.05) is 30.0 Å². The third-order valence-corrected chi connectivity index (χ3v) is 2.04. The standard InChI is InChI=1S/C10H10O2S/c1-13-10(12)7-4-8-2-5-9(11)6-3-8/h2-7,11H,1H3. The number of carbonyl (C=O) groups excluding carboxylic acids is 1. The van der Waals surface area contributed by atoms with Gasteiger partial charge in [0.2, 0.25) is 5.12 Å². The highest BCUT2D eigenvalue weighted by molar-refractivity contribution is 8.13. The van der Waals surface area contributed by atoms with Gasteiger partial charge in [0.05, 0.1) is 0 Å². The molecule has 0 amide bonds. The minimum Gasteiger partial charge on any atom is -0.508 e. The molecule has 0 aliphatic heterocycles. The van der Waals surface area contributed by atoms with Crippen LogP contribution in [0.1, 0.15) is 5.56 Å². The predicted octanol–water partition coefficient (Wildman–Crippen LogP) is 2.29. The molecular formula is C10H10O2S. The van der Waals surface area contributed by atoms with E-state index >= 15 is 0 Å². The summed E-state index contributed by atoms with van der Waals surface area (Å²) in [6.45, 7) is 0. The van der Waals surface area contributed by atoms with Crippen LogP contribution in [-0.4, -0.2) is 16.5 Å². The maximum absolute atomic E-state index is 10.9. The molecule has 0 aliphatic rings. The Morgan fingerprint density at radius 1 is 1.38 bits per heavy atom. The van der Waals surface area contributed by atoms with Crippen molar-refractivity contribution in [3.05, 3.63) is 35.9 Å². The molecule has 0 saturated carbocycles. The van der Waals surface area contributed by atoms with Crippen LogP contribution in [-0.2, 0) is 4.79 Å². The molecule has 0 aromatic heterocycles. The second-order valence-corrected chi connectivity index (χ2v) is 3.26. The van der Waals surface area contributed by atoms with E-state index in [0.717, 1.165) is 5.56 Å². The first-order valence-corrected chi connectivity index (χ1v) is 5.00. The molecule has 0 unspecified atom stereocenters. The summed E-state index contributed by atoms with van der Waals surface area (Å²) < 4.78 is 0. The van der Waals surface area contributed by atoms with Gasteiger partial charge in [0, 0.05) is 0 Å². The van der Waals surface area contributed by atoms with E-state index in [2.05, 4.69) is 0 Å². The van der Waals surface area contributed by atoms with E-state index in [1.54, 1.807) is 36.6 Å². The number of hydrogen-bond donors (Lipinski definition) is 1. The highest BCUT2D eigenvalue weighted by Gasteiger charge is 1.91. The first kappa shape index (κ1) is 9.86. The van der Waals surface area contributed by atoms with Crippen molar-refractivity contribution in [1.82, 2.24) is 0 Å². The third-order valence-electron chi connectivity index (χ3n) is 1.51. The van der Waals surface area contributed by atoms with E-state index in [1.807, 2.05) is 0 Å². The summed E-state index contributed by atoms with van der Waals surface area (Å²) in [7, 11) is 0. The van der Waals surface area contributed by atoms with Gasteiger partial charge in [-0.3, -0.25) is 4.79 Å². The fourth-order valence-corrected chi connectivity index (χ4v) is 1.02. The van der Waals surface area contributed by atoms with Crippen LogP contribution in [0.4, 0.5) is 0 Å². The maximum atomic E-state index is 10.9. The summed E-state index contributed by atoms with van der Waals surface area (Å²) in [6.07, 6.45) is 4.97. The number of thioether (sulfide) groups is 1. The van der Waals surface area contributed by atoms with Gasteiger partial charge in [0.15, 0.2) is 0 Å². The van der Waals surface area contributed by atoms with Gasteiger partial charge in [-0.25, -0.2) is 0 Å². The lowest BCUT2D eigenvalue weighted by atomic mass is 10.2. The molecule has 1 aromatic carbocycles. The second-order valence-electron chi connectivity index (χ2n) is 2.45. The summed E-state index contributed by atoms with van der Waals surface area (Å²) in [4.78, 5) is 10.9. The zero-order valence-corrected chi connectivity index (χ0v) is 8.04. The van der Waals surface area contributed by atoms with Gasteiger partial charge in [-0.15, -0.1) is 0 Å². The van der Waals surface area contributed by atoms with Crippen LogP contribution in [0.5, 0.6) is 5.75 Å². The Morgan fingerprint density at radius 3 is 2.54 bits per heavy atom. The van der Waals surface area contributed by atoms with Crippen molar-refractivity contribution in [2.75, 3.05) is 6.26 Å². The number of carbonyl (C=O) groups is 1. The molecule has 0 atom stereocenters. The first-order chi connectivity index (χ1) is 6.22. The number of aromatic hydroxyl groups is 1. The summed E-state index contributed by atoms with van der Waals surface area (Å²) in [5.41, 5.74) is 0.903. The Balaban J connectivity index is 2.69. The lowest BCUT2D eigenvalue weighted by Crippen LogP contribution is -1.80. The van der Waals surface area contributed by atoms with Crippen LogP contribution >= 0.6 is 11.8 Å². The van der Waals surface area contributed by atoms with Gasteiger partial charge >= 0.3 is 0 Å². The van der Waals surface area contributed by atoms with Crippen molar-refractivity contribution < 1.29 is 9.90 Å². The molecule has 2 nitrogen and oxygen atoms in total. The quantitative estimate of drug-likeness (QED) is 0.734. The third kappa shape index (κ3) is 3.34. The molecule has 13 heavy (non-hydrogen) atoms. The minimum atomic E-state index is 0.0214. The lowest BCUT2D eigenvalue weighted by Gasteiger charge is -1.92. The number of rotatable bonds is 2. The molecule has 68 valence electrons. The summed E-state index contributed by atoms with van der Waals surface area (Å²) in [5, 5.41) is 9.01. The lowest BCUT2D eigenvalue weighted by molar-refractivity contribution is -0.106. The Morgan fingerprint density at radius 2 is 2.00 bits per heavy atom. The zero-order chi connectivity index (χ0) is 9.68. The van der Waals surface area contributed by atoms with Gasteiger partial charge in [0.1, 0.15) is 5.75 Å². The average molecular weight is 194 g/mol. The molecule has 0 bridgehead atoms. The van der Waals surface area contributed by atoms with Crippen LogP contribution in [0.25, 0.3) is 6.08 Å². The molecule has 0 fully saturated rings. The number of hydrogen-bond acceptors (Lipinski definition) is 3. The first-order valence-electron chi connectivity index (χ1n) is 3.77.